The number of nitrogens with zero attached hydrogens (tertiary/aromatic N) is 5. The average molecular weight is 452 g/mol. The van der Waals surface area contributed by atoms with Crippen LogP contribution in [0.1, 0.15) is 28.7 Å². The summed E-state index contributed by atoms with van der Waals surface area (Å²) in [6.07, 6.45) is 0. The van der Waals surface area contributed by atoms with E-state index in [0.29, 0.717) is 0 Å². The molecule has 0 bridgehead atoms. The number of likely N-dealkylation sites (N-methyl/N-ethyl adjacent to an activating group) is 1. The van der Waals surface area contributed by atoms with Gasteiger partial charge in [-0.1, -0.05) is 30.8 Å². The number of aryl methyl sites for hydroxylation is 1. The summed E-state index contributed by atoms with van der Waals surface area (Å²) in [5.41, 5.74) is 2.89. The van der Waals surface area contributed by atoms with Gasteiger partial charge < -0.3 is 14.5 Å². The monoisotopic (exact) mass is 451 g/mol. The normalized spacial score (nSPS) is 14.5. The number of hydrogen-bond donors (Lipinski definition) is 0. The number of piperazine rings is 1. The summed E-state index contributed by atoms with van der Waals surface area (Å²) >= 11 is 1.63. The molecule has 1 aromatic heterocycles. The molecule has 0 spiro atoms. The van der Waals surface area contributed by atoms with Gasteiger partial charge in [0.15, 0.2) is 5.16 Å². The second-order valence-corrected chi connectivity index (χ2v) is 8.72. The van der Waals surface area contributed by atoms with Crippen molar-refractivity contribution in [1.82, 2.24) is 24.6 Å². The van der Waals surface area contributed by atoms with Gasteiger partial charge in [-0.2, -0.15) is 0 Å². The maximum Gasteiger partial charge on any atom is 0.253 e. The second kappa shape index (κ2) is 10.2. The molecule has 0 aliphatic carbocycles. The number of aromatic nitrogens is 3. The van der Waals surface area contributed by atoms with E-state index >= 15 is 0 Å². The number of carbonyl (C=O) groups excluding carboxylic acids is 1. The minimum Gasteiger partial charge on any atom is -0.497 e. The molecule has 0 atom stereocenters. The van der Waals surface area contributed by atoms with Crippen LogP contribution in [0.2, 0.25) is 0 Å². The van der Waals surface area contributed by atoms with E-state index in [2.05, 4.69) is 22.0 Å². The molecule has 2 aromatic carbocycles. The number of rotatable bonds is 7. The molecule has 7 nitrogen and oxygen atoms in total. The molecule has 8 heteroatoms. The first-order valence-corrected chi connectivity index (χ1v) is 11.9. The second-order valence-electron chi connectivity index (χ2n) is 7.78. The van der Waals surface area contributed by atoms with E-state index in [0.717, 1.165) is 72.0 Å². The zero-order valence-electron chi connectivity index (χ0n) is 18.8. The lowest BCUT2D eigenvalue weighted by molar-refractivity contribution is 0.0643. The van der Waals surface area contributed by atoms with E-state index in [1.165, 1.54) is 0 Å². The van der Waals surface area contributed by atoms with E-state index in [-0.39, 0.29) is 5.91 Å². The quantitative estimate of drug-likeness (QED) is 0.511. The fourth-order valence-corrected chi connectivity index (χ4v) is 4.76. The highest BCUT2D eigenvalue weighted by atomic mass is 32.2. The predicted molar refractivity (Wildman–Crippen MR) is 127 cm³/mol. The van der Waals surface area contributed by atoms with Crippen LogP contribution in [0.15, 0.2) is 53.7 Å². The molecule has 1 saturated heterocycles. The summed E-state index contributed by atoms with van der Waals surface area (Å²) in [5.74, 6) is 2.52. The van der Waals surface area contributed by atoms with Crippen LogP contribution in [-0.2, 0) is 5.75 Å². The standard InChI is InChI=1S/C24H29N5O2S/c1-4-27-13-15-28(16-14-27)23(30)20-7-5-19(6-8-20)17-32-24-26-25-18(2)29(24)21-9-11-22(31-3)12-10-21/h5-12H,4,13-17H2,1-3H3. The fraction of sp³-hybridized carbons (Fsp3) is 0.375. The van der Waals surface area contributed by atoms with Crippen molar-refractivity contribution in [2.75, 3.05) is 39.8 Å². The Kier molecular flexibility index (Phi) is 7.12. The van der Waals surface area contributed by atoms with Crippen LogP contribution in [0.5, 0.6) is 5.75 Å². The largest absolute Gasteiger partial charge is 0.497 e. The minimum atomic E-state index is 0.120. The third kappa shape index (κ3) is 4.97. The first-order chi connectivity index (χ1) is 15.6. The van der Waals surface area contributed by atoms with Crippen LogP contribution in [0.3, 0.4) is 0 Å². The van der Waals surface area contributed by atoms with Crippen LogP contribution in [-0.4, -0.2) is 70.3 Å². The molecule has 1 aliphatic heterocycles. The van der Waals surface area contributed by atoms with Crippen molar-refractivity contribution in [3.05, 3.63) is 65.5 Å². The van der Waals surface area contributed by atoms with Gasteiger partial charge in [-0.05, 0) is 55.4 Å². The van der Waals surface area contributed by atoms with Crippen LogP contribution in [0.4, 0.5) is 0 Å². The Morgan fingerprint density at radius 3 is 2.31 bits per heavy atom. The van der Waals surface area contributed by atoms with Gasteiger partial charge in [-0.25, -0.2) is 0 Å². The highest BCUT2D eigenvalue weighted by Gasteiger charge is 2.21. The van der Waals surface area contributed by atoms with Gasteiger partial charge >= 0.3 is 0 Å². The van der Waals surface area contributed by atoms with Crippen molar-refractivity contribution in [1.29, 1.82) is 0 Å². The number of amides is 1. The first-order valence-electron chi connectivity index (χ1n) is 10.9. The molecule has 1 fully saturated rings. The Morgan fingerprint density at radius 1 is 1.00 bits per heavy atom. The summed E-state index contributed by atoms with van der Waals surface area (Å²) in [4.78, 5) is 17.1. The van der Waals surface area contributed by atoms with Gasteiger partial charge in [0, 0.05) is 43.2 Å². The first kappa shape index (κ1) is 22.4. The van der Waals surface area contributed by atoms with E-state index in [1.54, 1.807) is 18.9 Å². The van der Waals surface area contributed by atoms with Gasteiger partial charge in [0.25, 0.3) is 5.91 Å². The van der Waals surface area contributed by atoms with Gasteiger partial charge in [-0.3, -0.25) is 9.36 Å². The molecule has 0 radical (unpaired) electrons. The van der Waals surface area contributed by atoms with Crippen LogP contribution in [0, 0.1) is 6.92 Å². The Hall–Kier alpha value is -2.84. The third-order valence-electron chi connectivity index (χ3n) is 5.80. The Bertz CT molecular complexity index is 1040. The molecule has 32 heavy (non-hydrogen) atoms. The highest BCUT2D eigenvalue weighted by Crippen LogP contribution is 2.26. The molecule has 1 amide bonds. The number of benzene rings is 2. The van der Waals surface area contributed by atoms with Crippen molar-refractivity contribution >= 4 is 17.7 Å². The molecule has 2 heterocycles. The number of thioether (sulfide) groups is 1. The smallest absolute Gasteiger partial charge is 0.253 e. The zero-order valence-corrected chi connectivity index (χ0v) is 19.6. The van der Waals surface area contributed by atoms with E-state index < -0.39 is 0 Å². The number of methoxy groups -OCH3 is 1. The summed E-state index contributed by atoms with van der Waals surface area (Å²) < 4.78 is 7.29. The summed E-state index contributed by atoms with van der Waals surface area (Å²) in [5, 5.41) is 9.44. The van der Waals surface area contributed by atoms with Crippen LogP contribution in [0.25, 0.3) is 5.69 Å². The lowest BCUT2D eigenvalue weighted by Crippen LogP contribution is -2.48. The molecule has 4 rings (SSSR count). The Morgan fingerprint density at radius 2 is 1.69 bits per heavy atom. The van der Waals surface area contributed by atoms with Crippen molar-refractivity contribution in [3.63, 3.8) is 0 Å². The molecular weight excluding hydrogens is 422 g/mol. The van der Waals surface area contributed by atoms with Crippen molar-refractivity contribution in [2.45, 2.75) is 24.8 Å². The Labute approximate surface area is 193 Å². The molecular formula is C24H29N5O2S. The topological polar surface area (TPSA) is 63.5 Å². The lowest BCUT2D eigenvalue weighted by Gasteiger charge is -2.34. The number of ether oxygens (including phenoxy) is 1. The van der Waals surface area contributed by atoms with E-state index in [9.17, 15) is 4.79 Å². The SMILES string of the molecule is CCN1CCN(C(=O)c2ccc(CSc3nnc(C)n3-c3ccc(OC)cc3)cc2)CC1. The van der Waals surface area contributed by atoms with E-state index in [4.69, 9.17) is 4.74 Å². The average Bonchev–Trinajstić information content (AvgIpc) is 3.23. The summed E-state index contributed by atoms with van der Waals surface area (Å²) in [6.45, 7) is 8.64. The summed E-state index contributed by atoms with van der Waals surface area (Å²) in [6, 6.07) is 15.8. The Balaban J connectivity index is 1.39. The predicted octanol–water partition coefficient (Wildman–Crippen LogP) is 3.65. The van der Waals surface area contributed by atoms with Crippen molar-refractivity contribution in [2.24, 2.45) is 0 Å². The fourth-order valence-electron chi connectivity index (χ4n) is 3.81. The van der Waals surface area contributed by atoms with Crippen LogP contribution >= 0.6 is 11.8 Å². The van der Waals surface area contributed by atoms with Crippen molar-refractivity contribution in [3.8, 4) is 11.4 Å². The molecule has 1 aliphatic rings. The van der Waals surface area contributed by atoms with Gasteiger partial charge in [0.05, 0.1) is 7.11 Å². The lowest BCUT2D eigenvalue weighted by atomic mass is 10.1. The van der Waals surface area contributed by atoms with Crippen molar-refractivity contribution < 1.29 is 9.53 Å². The van der Waals surface area contributed by atoms with E-state index in [1.807, 2.05) is 64.9 Å². The van der Waals surface area contributed by atoms with Gasteiger partial charge in [0.1, 0.15) is 11.6 Å². The minimum absolute atomic E-state index is 0.120. The molecule has 0 unspecified atom stereocenters. The maximum atomic E-state index is 12.8. The summed E-state index contributed by atoms with van der Waals surface area (Å²) in [7, 11) is 1.66. The van der Waals surface area contributed by atoms with Crippen LogP contribution < -0.4 is 4.74 Å². The number of hydrogen-bond acceptors (Lipinski definition) is 6. The molecule has 0 N–H and O–H groups in total. The van der Waals surface area contributed by atoms with Gasteiger partial charge in [0.2, 0.25) is 0 Å². The van der Waals surface area contributed by atoms with Gasteiger partial charge in [-0.15, -0.1) is 10.2 Å². The molecule has 168 valence electrons. The maximum absolute atomic E-state index is 12.8. The third-order valence-corrected chi connectivity index (χ3v) is 6.80. The molecule has 0 saturated carbocycles. The number of carbonyl (C=O) groups is 1. The highest BCUT2D eigenvalue weighted by molar-refractivity contribution is 7.98. The molecule has 3 aromatic rings. The zero-order chi connectivity index (χ0) is 22.5.